The summed E-state index contributed by atoms with van der Waals surface area (Å²) < 4.78 is 43.0. The van der Waals surface area contributed by atoms with Crippen LogP contribution in [0.1, 0.15) is 11.1 Å². The van der Waals surface area contributed by atoms with Crippen LogP contribution < -0.4 is 10.5 Å². The number of rotatable bonds is 4. The minimum absolute atomic E-state index is 0.0981. The first-order chi connectivity index (χ1) is 7.45. The second-order valence-corrected chi connectivity index (χ2v) is 3.63. The Balaban J connectivity index is 3.02. The van der Waals surface area contributed by atoms with E-state index >= 15 is 0 Å². The van der Waals surface area contributed by atoms with Crippen LogP contribution in [0.25, 0.3) is 0 Å². The van der Waals surface area contributed by atoms with E-state index in [1.165, 1.54) is 13.2 Å². The Bertz CT molecular complexity index is 368. The van der Waals surface area contributed by atoms with Gasteiger partial charge in [0.15, 0.2) is 0 Å². The monoisotopic (exact) mass is 233 g/mol. The van der Waals surface area contributed by atoms with Gasteiger partial charge in [0.05, 0.1) is 13.2 Å². The molecule has 1 atom stereocenters. The van der Waals surface area contributed by atoms with Crippen molar-refractivity contribution in [2.24, 2.45) is 5.73 Å². The summed E-state index contributed by atoms with van der Waals surface area (Å²) >= 11 is 0. The second-order valence-electron chi connectivity index (χ2n) is 3.63. The smallest absolute Gasteiger partial charge is 0.253 e. The average Bonchev–Trinajstić information content (AvgIpc) is 2.21. The van der Waals surface area contributed by atoms with Crippen LogP contribution in [0.15, 0.2) is 12.1 Å². The fourth-order valence-electron chi connectivity index (χ4n) is 1.45. The van der Waals surface area contributed by atoms with Gasteiger partial charge in [0.25, 0.3) is 6.43 Å². The van der Waals surface area contributed by atoms with E-state index in [0.29, 0.717) is 5.56 Å². The lowest BCUT2D eigenvalue weighted by Gasteiger charge is -2.14. The normalized spacial score (nSPS) is 12.9. The largest absolute Gasteiger partial charge is 0.496 e. The molecule has 16 heavy (non-hydrogen) atoms. The molecular formula is C11H14F3NO. The first kappa shape index (κ1) is 12.8. The van der Waals surface area contributed by atoms with E-state index in [2.05, 4.69) is 0 Å². The number of hydrogen-bond acceptors (Lipinski definition) is 2. The molecule has 0 aromatic heterocycles. The minimum Gasteiger partial charge on any atom is -0.496 e. The van der Waals surface area contributed by atoms with Gasteiger partial charge in [0, 0.05) is 5.56 Å². The van der Waals surface area contributed by atoms with Gasteiger partial charge in [-0.15, -0.1) is 0 Å². The van der Waals surface area contributed by atoms with Crippen molar-refractivity contribution >= 4 is 0 Å². The van der Waals surface area contributed by atoms with E-state index in [9.17, 15) is 13.2 Å². The van der Waals surface area contributed by atoms with Crippen molar-refractivity contribution in [2.75, 3.05) is 7.11 Å². The van der Waals surface area contributed by atoms with Crippen LogP contribution in [0.3, 0.4) is 0 Å². The molecule has 0 fully saturated rings. The lowest BCUT2D eigenvalue weighted by atomic mass is 10.0. The Morgan fingerprint density at radius 2 is 2.00 bits per heavy atom. The average molecular weight is 233 g/mol. The van der Waals surface area contributed by atoms with Gasteiger partial charge in [-0.25, -0.2) is 13.2 Å². The maximum atomic E-state index is 13.5. The van der Waals surface area contributed by atoms with E-state index < -0.39 is 18.3 Å². The number of aryl methyl sites for hydroxylation is 1. The second kappa shape index (κ2) is 5.21. The first-order valence-electron chi connectivity index (χ1n) is 4.82. The predicted octanol–water partition coefficient (Wildman–Crippen LogP) is 2.28. The highest BCUT2D eigenvalue weighted by molar-refractivity contribution is 5.39. The van der Waals surface area contributed by atoms with Crippen molar-refractivity contribution in [1.82, 2.24) is 0 Å². The highest BCUT2D eigenvalue weighted by Crippen LogP contribution is 2.25. The van der Waals surface area contributed by atoms with Gasteiger partial charge in [-0.05, 0) is 31.0 Å². The van der Waals surface area contributed by atoms with E-state index in [4.69, 9.17) is 10.5 Å². The molecule has 0 spiro atoms. The molecule has 2 nitrogen and oxygen atoms in total. The Labute approximate surface area is 92.2 Å². The lowest BCUT2D eigenvalue weighted by molar-refractivity contribution is 0.115. The summed E-state index contributed by atoms with van der Waals surface area (Å²) in [5.41, 5.74) is 5.97. The molecule has 0 aliphatic carbocycles. The third-order valence-corrected chi connectivity index (χ3v) is 2.28. The molecule has 0 heterocycles. The topological polar surface area (TPSA) is 35.2 Å². The lowest BCUT2D eigenvalue weighted by Crippen LogP contribution is -2.31. The summed E-state index contributed by atoms with van der Waals surface area (Å²) in [6, 6.07) is 1.48. The summed E-state index contributed by atoms with van der Waals surface area (Å²) in [5, 5.41) is 0. The number of alkyl halides is 2. The molecule has 0 saturated carbocycles. The zero-order chi connectivity index (χ0) is 12.3. The molecule has 0 amide bonds. The van der Waals surface area contributed by atoms with Gasteiger partial charge in [-0.3, -0.25) is 0 Å². The van der Waals surface area contributed by atoms with Crippen molar-refractivity contribution in [2.45, 2.75) is 25.8 Å². The van der Waals surface area contributed by atoms with Crippen molar-refractivity contribution in [3.8, 4) is 5.75 Å². The van der Waals surface area contributed by atoms with Gasteiger partial charge in [-0.2, -0.15) is 0 Å². The number of hydrogen-bond donors (Lipinski definition) is 1. The SMILES string of the molecule is COc1cc(C)cc(F)c1CC(N)C(F)F. The molecule has 0 radical (unpaired) electrons. The van der Waals surface area contributed by atoms with Gasteiger partial charge in [-0.1, -0.05) is 0 Å². The minimum atomic E-state index is -2.68. The molecule has 0 aliphatic rings. The molecule has 1 unspecified atom stereocenters. The molecule has 2 N–H and O–H groups in total. The molecule has 90 valence electrons. The number of halogens is 3. The third kappa shape index (κ3) is 2.88. The van der Waals surface area contributed by atoms with Crippen LogP contribution in [-0.4, -0.2) is 19.6 Å². The highest BCUT2D eigenvalue weighted by Gasteiger charge is 2.20. The third-order valence-electron chi connectivity index (χ3n) is 2.28. The summed E-state index contributed by atoms with van der Waals surface area (Å²) in [7, 11) is 1.37. The number of benzene rings is 1. The van der Waals surface area contributed by atoms with Crippen LogP contribution in [0.2, 0.25) is 0 Å². The van der Waals surface area contributed by atoms with Crippen LogP contribution in [0.5, 0.6) is 5.75 Å². The van der Waals surface area contributed by atoms with Gasteiger partial charge in [0.2, 0.25) is 0 Å². The predicted molar refractivity (Wildman–Crippen MR) is 55.4 cm³/mol. The number of methoxy groups -OCH3 is 1. The zero-order valence-corrected chi connectivity index (χ0v) is 9.14. The molecule has 0 saturated heterocycles. The van der Waals surface area contributed by atoms with Crippen molar-refractivity contribution < 1.29 is 17.9 Å². The number of nitrogens with two attached hydrogens (primary N) is 1. The molecule has 1 aromatic carbocycles. The van der Waals surface area contributed by atoms with E-state index in [0.717, 1.165) is 0 Å². The van der Waals surface area contributed by atoms with E-state index in [1.807, 2.05) is 0 Å². The van der Waals surface area contributed by atoms with E-state index in [-0.39, 0.29) is 17.7 Å². The Morgan fingerprint density at radius 3 is 2.50 bits per heavy atom. The van der Waals surface area contributed by atoms with Gasteiger partial charge < -0.3 is 10.5 Å². The van der Waals surface area contributed by atoms with Gasteiger partial charge in [0.1, 0.15) is 11.6 Å². The Kier molecular flexibility index (Phi) is 4.18. The maximum Gasteiger partial charge on any atom is 0.253 e. The first-order valence-corrected chi connectivity index (χ1v) is 4.82. The quantitative estimate of drug-likeness (QED) is 0.865. The Hall–Kier alpha value is -1.23. The molecule has 1 aromatic rings. The van der Waals surface area contributed by atoms with Crippen molar-refractivity contribution in [3.63, 3.8) is 0 Å². The standard InChI is InChI=1S/C11H14F3NO/c1-6-3-8(12)7(10(4-6)16-2)5-9(15)11(13)14/h3-4,9,11H,5,15H2,1-2H3. The summed E-state index contributed by atoms with van der Waals surface area (Å²) in [6.45, 7) is 1.70. The fraction of sp³-hybridized carbons (Fsp3) is 0.455. The van der Waals surface area contributed by atoms with Gasteiger partial charge >= 0.3 is 0 Å². The van der Waals surface area contributed by atoms with E-state index in [1.54, 1.807) is 13.0 Å². The summed E-state index contributed by atoms with van der Waals surface area (Å²) in [4.78, 5) is 0. The van der Waals surface area contributed by atoms with Crippen LogP contribution in [0.4, 0.5) is 13.2 Å². The highest BCUT2D eigenvalue weighted by atomic mass is 19.3. The molecule has 5 heteroatoms. The van der Waals surface area contributed by atoms with Crippen LogP contribution in [0, 0.1) is 12.7 Å². The molecule has 0 bridgehead atoms. The molecule has 1 rings (SSSR count). The molecular weight excluding hydrogens is 219 g/mol. The molecule has 0 aliphatic heterocycles. The summed E-state index contributed by atoms with van der Waals surface area (Å²) in [6.07, 6.45) is -2.92. The summed E-state index contributed by atoms with van der Waals surface area (Å²) in [5.74, 6) is -0.304. The number of ether oxygens (including phenoxy) is 1. The van der Waals surface area contributed by atoms with Crippen molar-refractivity contribution in [3.05, 3.63) is 29.1 Å². The maximum absolute atomic E-state index is 13.5. The Morgan fingerprint density at radius 1 is 1.38 bits per heavy atom. The van der Waals surface area contributed by atoms with Crippen molar-refractivity contribution in [1.29, 1.82) is 0 Å². The van der Waals surface area contributed by atoms with Crippen LogP contribution >= 0.6 is 0 Å². The fourth-order valence-corrected chi connectivity index (χ4v) is 1.45. The van der Waals surface area contributed by atoms with Crippen LogP contribution in [-0.2, 0) is 6.42 Å². The zero-order valence-electron chi connectivity index (χ0n) is 9.14.